The zero-order chi connectivity index (χ0) is 18.6. The van der Waals surface area contributed by atoms with Gasteiger partial charge in [-0.1, -0.05) is 41.3 Å². The number of thioether (sulfide) groups is 1. The van der Waals surface area contributed by atoms with Crippen LogP contribution in [0.5, 0.6) is 0 Å². The van der Waals surface area contributed by atoms with E-state index in [0.29, 0.717) is 8.29 Å². The molecular formula is C16H20N4O2S3. The molecule has 134 valence electrons. The van der Waals surface area contributed by atoms with Crippen molar-refractivity contribution in [3.05, 3.63) is 34.3 Å². The summed E-state index contributed by atoms with van der Waals surface area (Å²) >= 11 is 7.95. The van der Waals surface area contributed by atoms with E-state index in [9.17, 15) is 9.59 Å². The highest BCUT2D eigenvalue weighted by Crippen LogP contribution is 2.27. The third-order valence-electron chi connectivity index (χ3n) is 2.90. The Labute approximate surface area is 160 Å². The molecule has 25 heavy (non-hydrogen) atoms. The number of urea groups is 1. The Hall–Kier alpha value is -1.71. The highest BCUT2D eigenvalue weighted by Gasteiger charge is 2.21. The minimum absolute atomic E-state index is 0.376. The van der Waals surface area contributed by atoms with Crippen molar-refractivity contribution in [2.45, 2.75) is 42.8 Å². The number of nitrogens with one attached hydrogen (secondary N) is 2. The Balaban J connectivity index is 2.01. The lowest BCUT2D eigenvalue weighted by atomic mass is 10.1. The van der Waals surface area contributed by atoms with Crippen LogP contribution in [0.25, 0.3) is 5.69 Å². The summed E-state index contributed by atoms with van der Waals surface area (Å²) in [6.07, 6.45) is 0. The molecule has 0 unspecified atom stereocenters. The van der Waals surface area contributed by atoms with Gasteiger partial charge in [-0.15, -0.1) is 5.10 Å². The largest absolute Gasteiger partial charge is 0.333 e. The van der Waals surface area contributed by atoms with Gasteiger partial charge in [0.05, 0.1) is 10.9 Å². The lowest BCUT2D eigenvalue weighted by molar-refractivity contribution is -0.119. The molecule has 0 aliphatic rings. The number of amides is 3. The Morgan fingerprint density at radius 1 is 1.28 bits per heavy atom. The third-order valence-corrected chi connectivity index (χ3v) is 5.32. The average molecular weight is 397 g/mol. The molecule has 2 N–H and O–H groups in total. The Morgan fingerprint density at radius 2 is 1.92 bits per heavy atom. The minimum Gasteiger partial charge on any atom is -0.333 e. The van der Waals surface area contributed by atoms with E-state index in [0.717, 1.165) is 5.69 Å². The molecule has 0 fully saturated rings. The Bertz CT molecular complexity index is 809. The van der Waals surface area contributed by atoms with Crippen molar-refractivity contribution in [1.82, 2.24) is 20.4 Å². The van der Waals surface area contributed by atoms with Gasteiger partial charge in [-0.05, 0) is 52.0 Å². The molecule has 9 heteroatoms. The second kappa shape index (κ2) is 8.11. The van der Waals surface area contributed by atoms with Crippen molar-refractivity contribution in [2.24, 2.45) is 0 Å². The van der Waals surface area contributed by atoms with Crippen LogP contribution in [0.3, 0.4) is 0 Å². The van der Waals surface area contributed by atoms with E-state index < -0.39 is 16.8 Å². The number of para-hydroxylation sites is 1. The number of nitrogens with zero attached hydrogens (tertiary/aromatic N) is 2. The quantitative estimate of drug-likeness (QED) is 0.608. The van der Waals surface area contributed by atoms with Crippen LogP contribution in [0.2, 0.25) is 0 Å². The summed E-state index contributed by atoms with van der Waals surface area (Å²) < 4.78 is 2.94. The molecule has 1 aromatic carbocycles. The molecular weight excluding hydrogens is 376 g/mol. The number of carbonyl (C=O) groups excluding carboxylic acids is 2. The predicted octanol–water partition coefficient (Wildman–Crippen LogP) is 3.77. The SMILES string of the molecule is C[C@H](Sc1nn(-c2ccccc2)c(=S)s1)C(=O)NC(=O)NC(C)(C)C. The summed E-state index contributed by atoms with van der Waals surface area (Å²) in [5.74, 6) is -0.376. The summed E-state index contributed by atoms with van der Waals surface area (Å²) in [5.41, 5.74) is 0.464. The van der Waals surface area contributed by atoms with Gasteiger partial charge in [-0.25, -0.2) is 9.48 Å². The second-order valence-corrected chi connectivity index (χ2v) is 9.55. The van der Waals surface area contributed by atoms with E-state index >= 15 is 0 Å². The highest BCUT2D eigenvalue weighted by molar-refractivity contribution is 8.02. The smallest absolute Gasteiger partial charge is 0.321 e. The highest BCUT2D eigenvalue weighted by atomic mass is 32.2. The molecule has 0 saturated heterocycles. The molecule has 1 heterocycles. The van der Waals surface area contributed by atoms with Gasteiger partial charge in [-0.3, -0.25) is 10.1 Å². The normalized spacial score (nSPS) is 12.5. The van der Waals surface area contributed by atoms with E-state index in [4.69, 9.17) is 12.2 Å². The van der Waals surface area contributed by atoms with Crippen LogP contribution >= 0.6 is 35.3 Å². The maximum Gasteiger partial charge on any atom is 0.321 e. The third kappa shape index (κ3) is 5.94. The van der Waals surface area contributed by atoms with Crippen LogP contribution in [0.4, 0.5) is 4.79 Å². The molecule has 6 nitrogen and oxygen atoms in total. The van der Waals surface area contributed by atoms with Gasteiger partial charge in [0, 0.05) is 5.54 Å². The van der Waals surface area contributed by atoms with Gasteiger partial charge in [0.1, 0.15) is 0 Å². The summed E-state index contributed by atoms with van der Waals surface area (Å²) in [5, 5.41) is 9.01. The molecule has 2 aromatic rings. The number of benzene rings is 1. The van der Waals surface area contributed by atoms with E-state index in [2.05, 4.69) is 15.7 Å². The van der Waals surface area contributed by atoms with Crippen LogP contribution in [-0.4, -0.2) is 32.5 Å². The first kappa shape index (κ1) is 19.6. The Morgan fingerprint density at radius 3 is 2.52 bits per heavy atom. The lowest BCUT2D eigenvalue weighted by Crippen LogP contribution is -2.49. The lowest BCUT2D eigenvalue weighted by Gasteiger charge is -2.20. The van der Waals surface area contributed by atoms with E-state index in [1.807, 2.05) is 51.1 Å². The fraction of sp³-hybridized carbons (Fsp3) is 0.375. The van der Waals surface area contributed by atoms with Crippen LogP contribution in [0.1, 0.15) is 27.7 Å². The fourth-order valence-electron chi connectivity index (χ4n) is 1.83. The minimum atomic E-state index is -0.507. The second-order valence-electron chi connectivity index (χ2n) is 6.33. The maximum absolute atomic E-state index is 12.2. The van der Waals surface area contributed by atoms with Gasteiger partial charge in [0.2, 0.25) is 5.91 Å². The first-order valence-corrected chi connectivity index (χ1v) is 9.71. The predicted molar refractivity (Wildman–Crippen MR) is 104 cm³/mol. The molecule has 0 radical (unpaired) electrons. The standard InChI is InChI=1S/C16H20N4O2S3/c1-10(12(21)17-13(22)18-16(2,3)4)24-14-19-20(15(23)25-14)11-8-6-5-7-9-11/h5-10H,1-4H3,(H2,17,18,21,22)/t10-/m0/s1. The molecule has 3 amide bonds. The Kier molecular flexibility index (Phi) is 6.36. The molecule has 1 aromatic heterocycles. The van der Waals surface area contributed by atoms with Crippen molar-refractivity contribution in [3.8, 4) is 5.69 Å². The van der Waals surface area contributed by atoms with Gasteiger partial charge < -0.3 is 5.32 Å². The molecule has 0 aliphatic carbocycles. The van der Waals surface area contributed by atoms with Crippen molar-refractivity contribution in [3.63, 3.8) is 0 Å². The van der Waals surface area contributed by atoms with Crippen LogP contribution in [-0.2, 0) is 4.79 Å². The number of hydrogen-bond acceptors (Lipinski definition) is 6. The van der Waals surface area contributed by atoms with Crippen molar-refractivity contribution >= 4 is 47.3 Å². The summed E-state index contributed by atoms with van der Waals surface area (Å²) in [4.78, 5) is 23.9. The van der Waals surface area contributed by atoms with Crippen LogP contribution in [0.15, 0.2) is 34.7 Å². The number of imide groups is 1. The average Bonchev–Trinajstić information content (AvgIpc) is 2.86. The first-order valence-electron chi connectivity index (χ1n) is 7.61. The van der Waals surface area contributed by atoms with Gasteiger partial charge in [-0.2, -0.15) is 0 Å². The fourth-order valence-corrected chi connectivity index (χ4v) is 4.34. The molecule has 2 rings (SSSR count). The van der Waals surface area contributed by atoms with Crippen LogP contribution in [0, 0.1) is 3.95 Å². The molecule has 0 spiro atoms. The van der Waals surface area contributed by atoms with Gasteiger partial charge >= 0.3 is 6.03 Å². The zero-order valence-corrected chi connectivity index (χ0v) is 16.8. The van der Waals surface area contributed by atoms with Crippen LogP contribution < -0.4 is 10.6 Å². The van der Waals surface area contributed by atoms with Crippen molar-refractivity contribution < 1.29 is 9.59 Å². The summed E-state index contributed by atoms with van der Waals surface area (Å²) in [6, 6.07) is 9.06. The summed E-state index contributed by atoms with van der Waals surface area (Å²) in [7, 11) is 0. The number of rotatable bonds is 4. The summed E-state index contributed by atoms with van der Waals surface area (Å²) in [6.45, 7) is 7.26. The van der Waals surface area contributed by atoms with Gasteiger partial charge in [0.25, 0.3) is 0 Å². The first-order chi connectivity index (χ1) is 11.7. The molecule has 0 saturated carbocycles. The maximum atomic E-state index is 12.2. The van der Waals surface area contributed by atoms with Crippen molar-refractivity contribution in [1.29, 1.82) is 0 Å². The topological polar surface area (TPSA) is 76.0 Å². The van der Waals surface area contributed by atoms with E-state index in [-0.39, 0.29) is 5.91 Å². The van der Waals surface area contributed by atoms with Gasteiger partial charge in [0.15, 0.2) is 8.29 Å². The number of hydrogen-bond donors (Lipinski definition) is 2. The molecule has 0 bridgehead atoms. The van der Waals surface area contributed by atoms with E-state index in [1.54, 1.807) is 11.6 Å². The zero-order valence-electron chi connectivity index (χ0n) is 14.4. The van der Waals surface area contributed by atoms with E-state index in [1.165, 1.54) is 23.1 Å². The molecule has 1 atom stereocenters. The molecule has 0 aliphatic heterocycles. The number of aromatic nitrogens is 2. The number of carbonyl (C=O) groups is 2. The monoisotopic (exact) mass is 396 g/mol. The van der Waals surface area contributed by atoms with Crippen molar-refractivity contribution in [2.75, 3.05) is 0 Å².